The van der Waals surface area contributed by atoms with Crippen molar-refractivity contribution < 1.29 is 9.53 Å². The molecule has 0 N–H and O–H groups in total. The van der Waals surface area contributed by atoms with Gasteiger partial charge in [-0.2, -0.15) is 0 Å². The lowest BCUT2D eigenvalue weighted by Gasteiger charge is -2.08. The SMILES string of the molecule is Cc1cc(C)nc(SCC2CCC(=O)O2)n1. The number of carbonyl (C=O) groups excluding carboxylic acids is 1. The molecule has 1 aromatic rings. The number of aryl methyl sites for hydroxylation is 2. The Kier molecular flexibility index (Phi) is 3.43. The van der Waals surface area contributed by atoms with Crippen LogP contribution >= 0.6 is 11.8 Å². The number of esters is 1. The topological polar surface area (TPSA) is 52.1 Å². The molecule has 16 heavy (non-hydrogen) atoms. The fourth-order valence-corrected chi connectivity index (χ4v) is 2.61. The molecule has 2 heterocycles. The lowest BCUT2D eigenvalue weighted by atomic mass is 10.3. The minimum Gasteiger partial charge on any atom is -0.461 e. The van der Waals surface area contributed by atoms with E-state index in [0.29, 0.717) is 6.42 Å². The number of hydrogen-bond acceptors (Lipinski definition) is 5. The van der Waals surface area contributed by atoms with Crippen LogP contribution in [0.25, 0.3) is 0 Å². The molecule has 0 saturated carbocycles. The first kappa shape index (κ1) is 11.4. The summed E-state index contributed by atoms with van der Waals surface area (Å²) < 4.78 is 5.13. The van der Waals surface area contributed by atoms with Gasteiger partial charge in [-0.05, 0) is 26.3 Å². The first-order valence-electron chi connectivity index (χ1n) is 5.28. The Hall–Kier alpha value is -1.10. The Morgan fingerprint density at radius 1 is 1.44 bits per heavy atom. The van der Waals surface area contributed by atoms with E-state index in [0.717, 1.165) is 28.7 Å². The van der Waals surface area contributed by atoms with E-state index in [-0.39, 0.29) is 12.1 Å². The molecular weight excluding hydrogens is 224 g/mol. The molecule has 86 valence electrons. The minimum absolute atomic E-state index is 0.0296. The summed E-state index contributed by atoms with van der Waals surface area (Å²) in [5, 5.41) is 0.764. The predicted octanol–water partition coefficient (Wildman–Crippen LogP) is 1.89. The van der Waals surface area contributed by atoms with Gasteiger partial charge in [-0.3, -0.25) is 4.79 Å². The Balaban J connectivity index is 1.91. The molecule has 4 nitrogen and oxygen atoms in total. The van der Waals surface area contributed by atoms with Crippen LogP contribution in [0.5, 0.6) is 0 Å². The van der Waals surface area contributed by atoms with Crippen molar-refractivity contribution in [2.24, 2.45) is 0 Å². The lowest BCUT2D eigenvalue weighted by molar-refractivity contribution is -0.140. The van der Waals surface area contributed by atoms with Gasteiger partial charge in [0, 0.05) is 23.6 Å². The zero-order chi connectivity index (χ0) is 11.5. The van der Waals surface area contributed by atoms with E-state index in [2.05, 4.69) is 9.97 Å². The summed E-state index contributed by atoms with van der Waals surface area (Å²) in [5.41, 5.74) is 1.94. The van der Waals surface area contributed by atoms with Crippen LogP contribution in [-0.2, 0) is 9.53 Å². The normalized spacial score (nSPS) is 19.9. The molecule has 1 atom stereocenters. The molecule has 1 aliphatic rings. The molecule has 1 aromatic heterocycles. The number of hydrogen-bond donors (Lipinski definition) is 0. The van der Waals surface area contributed by atoms with Crippen molar-refractivity contribution in [3.05, 3.63) is 17.5 Å². The third-order valence-electron chi connectivity index (χ3n) is 2.33. The summed E-state index contributed by atoms with van der Waals surface area (Å²) in [7, 11) is 0. The zero-order valence-electron chi connectivity index (χ0n) is 9.40. The van der Waals surface area contributed by atoms with Crippen molar-refractivity contribution in [1.29, 1.82) is 0 Å². The maximum absolute atomic E-state index is 10.9. The Morgan fingerprint density at radius 3 is 2.69 bits per heavy atom. The van der Waals surface area contributed by atoms with Gasteiger partial charge in [-0.25, -0.2) is 9.97 Å². The molecule has 0 spiro atoms. The molecule has 1 fully saturated rings. The molecule has 0 amide bonds. The van der Waals surface area contributed by atoms with Gasteiger partial charge in [0.15, 0.2) is 5.16 Å². The molecule has 1 unspecified atom stereocenters. The number of ether oxygens (including phenoxy) is 1. The number of rotatable bonds is 3. The maximum atomic E-state index is 10.9. The molecule has 0 bridgehead atoms. The van der Waals surface area contributed by atoms with E-state index in [1.54, 1.807) is 11.8 Å². The zero-order valence-corrected chi connectivity index (χ0v) is 10.2. The van der Waals surface area contributed by atoms with Crippen LogP contribution < -0.4 is 0 Å². The predicted molar refractivity (Wildman–Crippen MR) is 61.3 cm³/mol. The number of nitrogens with zero attached hydrogens (tertiary/aromatic N) is 2. The minimum atomic E-state index is -0.0908. The fraction of sp³-hybridized carbons (Fsp3) is 0.545. The van der Waals surface area contributed by atoms with Crippen molar-refractivity contribution in [1.82, 2.24) is 9.97 Å². The number of cyclic esters (lactones) is 1. The number of thioether (sulfide) groups is 1. The van der Waals surface area contributed by atoms with E-state index in [1.165, 1.54) is 0 Å². The van der Waals surface area contributed by atoms with E-state index < -0.39 is 0 Å². The molecular formula is C11H14N2O2S. The van der Waals surface area contributed by atoms with Crippen LogP contribution in [0.2, 0.25) is 0 Å². The van der Waals surface area contributed by atoms with Gasteiger partial charge in [0.05, 0.1) is 0 Å². The second-order valence-electron chi connectivity index (χ2n) is 3.89. The van der Waals surface area contributed by atoms with Crippen LogP contribution in [0.4, 0.5) is 0 Å². The smallest absolute Gasteiger partial charge is 0.306 e. The molecule has 1 aliphatic heterocycles. The van der Waals surface area contributed by atoms with Gasteiger partial charge in [0.1, 0.15) is 6.10 Å². The first-order valence-corrected chi connectivity index (χ1v) is 6.26. The van der Waals surface area contributed by atoms with Crippen molar-refractivity contribution >= 4 is 17.7 Å². The van der Waals surface area contributed by atoms with Gasteiger partial charge in [0.25, 0.3) is 0 Å². The molecule has 2 rings (SSSR count). The second kappa shape index (κ2) is 4.82. The third kappa shape index (κ3) is 2.95. The van der Waals surface area contributed by atoms with Gasteiger partial charge in [0.2, 0.25) is 0 Å². The summed E-state index contributed by atoms with van der Waals surface area (Å²) >= 11 is 1.55. The highest BCUT2D eigenvalue weighted by Crippen LogP contribution is 2.22. The van der Waals surface area contributed by atoms with Gasteiger partial charge in [-0.1, -0.05) is 11.8 Å². The monoisotopic (exact) mass is 238 g/mol. The average molecular weight is 238 g/mol. The quantitative estimate of drug-likeness (QED) is 0.457. The van der Waals surface area contributed by atoms with Crippen LogP contribution in [-0.4, -0.2) is 27.8 Å². The fourth-order valence-electron chi connectivity index (χ4n) is 1.63. The van der Waals surface area contributed by atoms with Crippen LogP contribution in [0.3, 0.4) is 0 Å². The highest BCUT2D eigenvalue weighted by Gasteiger charge is 2.23. The van der Waals surface area contributed by atoms with Crippen molar-refractivity contribution in [3.63, 3.8) is 0 Å². The Morgan fingerprint density at radius 2 is 2.12 bits per heavy atom. The van der Waals surface area contributed by atoms with E-state index >= 15 is 0 Å². The van der Waals surface area contributed by atoms with E-state index in [4.69, 9.17) is 4.74 Å². The van der Waals surface area contributed by atoms with Crippen LogP contribution in [0.1, 0.15) is 24.2 Å². The van der Waals surface area contributed by atoms with E-state index in [1.807, 2.05) is 19.9 Å². The molecule has 0 aromatic carbocycles. The molecule has 5 heteroatoms. The first-order chi connectivity index (χ1) is 7.63. The number of carbonyl (C=O) groups is 1. The van der Waals surface area contributed by atoms with Crippen LogP contribution in [0, 0.1) is 13.8 Å². The Labute approximate surface area is 98.8 Å². The largest absolute Gasteiger partial charge is 0.461 e. The molecule has 0 radical (unpaired) electrons. The van der Waals surface area contributed by atoms with Gasteiger partial charge in [-0.15, -0.1) is 0 Å². The molecule has 1 saturated heterocycles. The van der Waals surface area contributed by atoms with E-state index in [9.17, 15) is 4.79 Å². The van der Waals surface area contributed by atoms with Gasteiger partial charge < -0.3 is 4.74 Å². The summed E-state index contributed by atoms with van der Waals surface area (Å²) in [4.78, 5) is 19.6. The summed E-state index contributed by atoms with van der Waals surface area (Å²) in [5.74, 6) is 0.654. The highest BCUT2D eigenvalue weighted by molar-refractivity contribution is 7.99. The summed E-state index contributed by atoms with van der Waals surface area (Å²) in [6.45, 7) is 3.91. The lowest BCUT2D eigenvalue weighted by Crippen LogP contribution is -2.10. The van der Waals surface area contributed by atoms with Crippen LogP contribution in [0.15, 0.2) is 11.2 Å². The maximum Gasteiger partial charge on any atom is 0.306 e. The molecule has 0 aliphatic carbocycles. The Bertz CT molecular complexity index is 389. The summed E-state index contributed by atoms with van der Waals surface area (Å²) in [6.07, 6.45) is 1.39. The van der Waals surface area contributed by atoms with Crippen molar-refractivity contribution in [2.75, 3.05) is 5.75 Å². The van der Waals surface area contributed by atoms with Crippen molar-refractivity contribution in [3.8, 4) is 0 Å². The standard InChI is InChI=1S/C11H14N2O2S/c1-7-5-8(2)13-11(12-7)16-6-9-3-4-10(14)15-9/h5,9H,3-4,6H2,1-2H3. The summed E-state index contributed by atoms with van der Waals surface area (Å²) in [6, 6.07) is 1.94. The van der Waals surface area contributed by atoms with Crippen molar-refractivity contribution in [2.45, 2.75) is 37.9 Å². The second-order valence-corrected chi connectivity index (χ2v) is 4.88. The third-order valence-corrected chi connectivity index (χ3v) is 3.31. The average Bonchev–Trinajstić information content (AvgIpc) is 2.60. The number of aromatic nitrogens is 2. The highest BCUT2D eigenvalue weighted by atomic mass is 32.2. The van der Waals surface area contributed by atoms with Gasteiger partial charge >= 0.3 is 5.97 Å².